The van der Waals surface area contributed by atoms with Gasteiger partial charge >= 0.3 is 0 Å². The smallest absolute Gasteiger partial charge is 0.252 e. The van der Waals surface area contributed by atoms with Crippen molar-refractivity contribution in [1.82, 2.24) is 14.0 Å². The van der Waals surface area contributed by atoms with Gasteiger partial charge in [0.2, 0.25) is 0 Å². The Kier molecular flexibility index (Phi) is 3.29. The highest BCUT2D eigenvalue weighted by atomic mass is 16.1. The lowest BCUT2D eigenvalue weighted by Gasteiger charge is -2.34. The molecule has 5 aromatic carbocycles. The van der Waals surface area contributed by atoms with Crippen LogP contribution in [0.25, 0.3) is 65.8 Å². The van der Waals surface area contributed by atoms with Crippen molar-refractivity contribution in [2.24, 2.45) is 0 Å². The summed E-state index contributed by atoms with van der Waals surface area (Å²) in [6.45, 7) is 4.33. The largest absolute Gasteiger partial charge is 0.310 e. The molecule has 0 fully saturated rings. The predicted octanol–water partition coefficient (Wildman–Crippen LogP) is 5.01. The standard InChI is InChI=1S/C34H20BN3O/c1-17-9-7-11-20-26(17)34-36-23-14-8-13-22-30(23)38(34)31-27(20)18(2)28-32-29(31)35(22)21-12-4-6-16-25(21)37(32)24-15-5-3-10-19(24)33(28)39/h3-16H,1-2H3. The van der Waals surface area contributed by atoms with Crippen molar-refractivity contribution in [3.8, 4) is 5.69 Å². The summed E-state index contributed by atoms with van der Waals surface area (Å²) in [5, 5.41) is 5.09. The maximum atomic E-state index is 14.4. The predicted molar refractivity (Wildman–Crippen MR) is 162 cm³/mol. The lowest BCUT2D eigenvalue weighted by atomic mass is 9.34. The molecular weight excluding hydrogens is 477 g/mol. The van der Waals surface area contributed by atoms with Crippen LogP contribution in [0.15, 0.2) is 89.7 Å². The Morgan fingerprint density at radius 2 is 1.46 bits per heavy atom. The van der Waals surface area contributed by atoms with E-state index in [2.05, 4.69) is 89.5 Å². The van der Waals surface area contributed by atoms with Crippen LogP contribution in [0.5, 0.6) is 0 Å². The SMILES string of the molecule is Cc1cccc2c1c1nc3cccc4c3n1c1c3c5c(c(C)c21)c(=O)c1ccccc1n5-c1ccccc1B43. The number of fused-ring (bicyclic) bond motifs is 9. The minimum absolute atomic E-state index is 0.0192. The topological polar surface area (TPSA) is 39.3 Å². The molecule has 0 saturated carbocycles. The summed E-state index contributed by atoms with van der Waals surface area (Å²) in [5.41, 5.74) is 13.6. The second-order valence-electron chi connectivity index (χ2n) is 11.1. The lowest BCUT2D eigenvalue weighted by molar-refractivity contribution is 1.17. The molecule has 2 aliphatic heterocycles. The summed E-state index contributed by atoms with van der Waals surface area (Å²) >= 11 is 0. The molecule has 5 heteroatoms. The highest BCUT2D eigenvalue weighted by molar-refractivity contribution is 7.01. The van der Waals surface area contributed by atoms with Gasteiger partial charge in [-0.2, -0.15) is 0 Å². The fourth-order valence-corrected chi connectivity index (χ4v) is 7.93. The number of hydrogen-bond donors (Lipinski definition) is 0. The molecule has 3 aromatic heterocycles. The number of benzene rings is 5. The van der Waals surface area contributed by atoms with E-state index in [1.165, 1.54) is 43.8 Å². The van der Waals surface area contributed by atoms with Crippen molar-refractivity contribution >= 4 is 83.3 Å². The van der Waals surface area contributed by atoms with Crippen molar-refractivity contribution in [3.05, 3.63) is 106 Å². The van der Waals surface area contributed by atoms with Gasteiger partial charge in [-0.05, 0) is 71.0 Å². The maximum Gasteiger partial charge on any atom is 0.252 e. The fourth-order valence-electron chi connectivity index (χ4n) is 7.93. The van der Waals surface area contributed by atoms with Crippen LogP contribution in [0.1, 0.15) is 11.1 Å². The van der Waals surface area contributed by atoms with Crippen molar-refractivity contribution in [2.75, 3.05) is 0 Å². The van der Waals surface area contributed by atoms with E-state index in [-0.39, 0.29) is 12.1 Å². The minimum Gasteiger partial charge on any atom is -0.310 e. The average molecular weight is 497 g/mol. The lowest BCUT2D eigenvalue weighted by Crippen LogP contribution is -2.58. The van der Waals surface area contributed by atoms with Gasteiger partial charge in [-0.15, -0.1) is 0 Å². The minimum atomic E-state index is 0.0192. The van der Waals surface area contributed by atoms with Crippen LogP contribution in [0.2, 0.25) is 0 Å². The first-order valence-corrected chi connectivity index (χ1v) is 13.5. The highest BCUT2D eigenvalue weighted by Crippen LogP contribution is 2.40. The Labute approximate surface area is 222 Å². The van der Waals surface area contributed by atoms with Gasteiger partial charge in [0.1, 0.15) is 5.65 Å². The van der Waals surface area contributed by atoms with Crippen LogP contribution >= 0.6 is 0 Å². The zero-order valence-electron chi connectivity index (χ0n) is 21.4. The number of aryl methyl sites for hydroxylation is 2. The molecule has 0 bridgehead atoms. The molecule has 0 radical (unpaired) electrons. The van der Waals surface area contributed by atoms with Crippen molar-refractivity contribution in [3.63, 3.8) is 0 Å². The Morgan fingerprint density at radius 1 is 0.692 bits per heavy atom. The van der Waals surface area contributed by atoms with Gasteiger partial charge in [0, 0.05) is 27.2 Å². The quantitative estimate of drug-likeness (QED) is 0.168. The van der Waals surface area contributed by atoms with Gasteiger partial charge in [0.25, 0.3) is 6.71 Å². The van der Waals surface area contributed by atoms with Crippen LogP contribution in [0.4, 0.5) is 0 Å². The summed E-state index contributed by atoms with van der Waals surface area (Å²) < 4.78 is 4.76. The molecule has 180 valence electrons. The number of aromatic nitrogens is 3. The zero-order chi connectivity index (χ0) is 25.7. The Morgan fingerprint density at radius 3 is 2.38 bits per heavy atom. The molecule has 39 heavy (non-hydrogen) atoms. The Bertz CT molecular complexity index is 2550. The molecule has 0 amide bonds. The number of rotatable bonds is 0. The van der Waals surface area contributed by atoms with E-state index in [9.17, 15) is 4.79 Å². The first-order chi connectivity index (χ1) is 19.1. The molecule has 4 nitrogen and oxygen atoms in total. The van der Waals surface area contributed by atoms with Crippen LogP contribution in [-0.2, 0) is 0 Å². The molecule has 0 aliphatic carbocycles. The van der Waals surface area contributed by atoms with Gasteiger partial charge in [-0.1, -0.05) is 60.7 Å². The monoisotopic (exact) mass is 497 g/mol. The third-order valence-electron chi connectivity index (χ3n) is 9.36. The Hall–Kier alpha value is -4.90. The van der Waals surface area contributed by atoms with E-state index in [1.54, 1.807) is 0 Å². The van der Waals surface area contributed by atoms with Crippen molar-refractivity contribution < 1.29 is 0 Å². The van der Waals surface area contributed by atoms with Crippen LogP contribution in [-0.4, -0.2) is 20.7 Å². The van der Waals surface area contributed by atoms with E-state index in [0.29, 0.717) is 0 Å². The van der Waals surface area contributed by atoms with E-state index in [1.807, 2.05) is 18.2 Å². The van der Waals surface area contributed by atoms with Gasteiger partial charge < -0.3 is 4.57 Å². The van der Waals surface area contributed by atoms with E-state index >= 15 is 0 Å². The first-order valence-electron chi connectivity index (χ1n) is 13.5. The normalized spacial score (nSPS) is 13.4. The number of pyridine rings is 2. The van der Waals surface area contributed by atoms with E-state index < -0.39 is 0 Å². The average Bonchev–Trinajstić information content (AvgIpc) is 3.35. The van der Waals surface area contributed by atoms with E-state index in [4.69, 9.17) is 4.98 Å². The molecule has 10 rings (SSSR count). The fraction of sp³-hybridized carbons (Fsp3) is 0.0588. The third-order valence-corrected chi connectivity index (χ3v) is 9.36. The molecule has 8 aromatic rings. The van der Waals surface area contributed by atoms with Gasteiger partial charge in [-0.3, -0.25) is 9.20 Å². The highest BCUT2D eigenvalue weighted by Gasteiger charge is 2.40. The van der Waals surface area contributed by atoms with Gasteiger partial charge in [0.15, 0.2) is 5.43 Å². The number of imidazole rings is 1. The molecule has 0 saturated heterocycles. The van der Waals surface area contributed by atoms with Crippen molar-refractivity contribution in [1.29, 1.82) is 0 Å². The molecule has 2 aliphatic rings. The van der Waals surface area contributed by atoms with Crippen LogP contribution < -0.4 is 21.8 Å². The number of para-hydroxylation sites is 3. The molecule has 0 spiro atoms. The molecule has 5 heterocycles. The van der Waals surface area contributed by atoms with Gasteiger partial charge in [0.05, 0.1) is 27.6 Å². The number of hydrogen-bond acceptors (Lipinski definition) is 2. The molecule has 0 N–H and O–H groups in total. The summed E-state index contributed by atoms with van der Waals surface area (Å²) in [5.74, 6) is 0. The second-order valence-corrected chi connectivity index (χ2v) is 11.1. The molecular formula is C34H20BN3O. The molecule has 0 unspecified atom stereocenters. The number of nitrogens with zero attached hydrogens (tertiary/aromatic N) is 3. The Balaban J connectivity index is 1.69. The third kappa shape index (κ3) is 2.05. The maximum absolute atomic E-state index is 14.4. The first kappa shape index (κ1) is 20.1. The van der Waals surface area contributed by atoms with Gasteiger partial charge in [-0.25, -0.2) is 4.98 Å². The second kappa shape index (κ2) is 6.38. The summed E-state index contributed by atoms with van der Waals surface area (Å²) in [7, 11) is 0. The zero-order valence-corrected chi connectivity index (χ0v) is 21.4. The summed E-state index contributed by atoms with van der Waals surface area (Å²) in [6.07, 6.45) is 0. The van der Waals surface area contributed by atoms with Crippen molar-refractivity contribution in [2.45, 2.75) is 13.8 Å². The van der Waals surface area contributed by atoms with Crippen LogP contribution in [0, 0.1) is 13.8 Å². The summed E-state index contributed by atoms with van der Waals surface area (Å²) in [6, 6.07) is 29.8. The van der Waals surface area contributed by atoms with Crippen LogP contribution in [0.3, 0.4) is 0 Å². The summed E-state index contributed by atoms with van der Waals surface area (Å²) in [4.78, 5) is 19.7. The molecule has 0 atom stereocenters. The van der Waals surface area contributed by atoms with E-state index in [0.717, 1.165) is 49.6 Å².